The van der Waals surface area contributed by atoms with E-state index in [9.17, 15) is 14.4 Å². The van der Waals surface area contributed by atoms with Gasteiger partial charge < -0.3 is 14.3 Å². The zero-order chi connectivity index (χ0) is 20.4. The van der Waals surface area contributed by atoms with Gasteiger partial charge in [0.25, 0.3) is 10.8 Å². The number of hydrogen-bond acceptors (Lipinski definition) is 7. The summed E-state index contributed by atoms with van der Waals surface area (Å²) in [5.41, 5.74) is -0.913. The molecule has 4 atom stereocenters. The zero-order valence-corrected chi connectivity index (χ0v) is 17.1. The van der Waals surface area contributed by atoms with Gasteiger partial charge in [-0.25, -0.2) is 4.79 Å². The number of aromatic amines is 1. The Morgan fingerprint density at radius 1 is 1.38 bits per heavy atom. The Kier molecular flexibility index (Phi) is 5.89. The van der Waals surface area contributed by atoms with Gasteiger partial charge in [0.1, 0.15) is 0 Å². The van der Waals surface area contributed by atoms with Crippen molar-refractivity contribution in [3.63, 3.8) is 0 Å². The van der Waals surface area contributed by atoms with E-state index in [4.69, 9.17) is 4.42 Å². The summed E-state index contributed by atoms with van der Waals surface area (Å²) in [6.45, 7) is 2.42. The van der Waals surface area contributed by atoms with Crippen LogP contribution in [-0.2, 0) is 17.8 Å². The molecule has 1 amide bonds. The second-order valence-electron chi connectivity index (χ2n) is 8.00. The van der Waals surface area contributed by atoms with E-state index in [1.54, 1.807) is 0 Å². The number of thioether (sulfide) groups is 1. The first-order chi connectivity index (χ1) is 14.0. The number of aromatic nitrogens is 4. The quantitative estimate of drug-likeness (QED) is 0.616. The van der Waals surface area contributed by atoms with Crippen LogP contribution in [0.5, 0.6) is 0 Å². The van der Waals surface area contributed by atoms with Gasteiger partial charge in [0.15, 0.2) is 0 Å². The van der Waals surface area contributed by atoms with E-state index < -0.39 is 11.2 Å². The summed E-state index contributed by atoms with van der Waals surface area (Å²) in [4.78, 5) is 37.2. The molecule has 2 aliphatic carbocycles. The molecule has 0 radical (unpaired) electrons. The van der Waals surface area contributed by atoms with Crippen LogP contribution < -0.4 is 16.6 Å². The lowest BCUT2D eigenvalue weighted by molar-refractivity contribution is -0.119. The van der Waals surface area contributed by atoms with Gasteiger partial charge in [0.2, 0.25) is 11.8 Å². The first-order valence-corrected chi connectivity index (χ1v) is 11.0. The highest BCUT2D eigenvalue weighted by Crippen LogP contribution is 2.49. The third-order valence-corrected chi connectivity index (χ3v) is 6.88. The molecule has 2 aromatic heterocycles. The Labute approximate surface area is 171 Å². The van der Waals surface area contributed by atoms with E-state index in [0.717, 1.165) is 11.8 Å². The number of rotatable bonds is 8. The molecule has 2 heterocycles. The van der Waals surface area contributed by atoms with Crippen molar-refractivity contribution in [1.29, 1.82) is 0 Å². The van der Waals surface area contributed by atoms with Crippen LogP contribution in [-0.4, -0.2) is 37.5 Å². The Hall–Kier alpha value is -2.36. The molecule has 0 spiro atoms. The predicted molar refractivity (Wildman–Crippen MR) is 107 cm³/mol. The van der Waals surface area contributed by atoms with Gasteiger partial charge in [-0.2, -0.15) is 0 Å². The average molecular weight is 420 g/mol. The summed E-state index contributed by atoms with van der Waals surface area (Å²) in [6.07, 6.45) is 7.01. The minimum atomic E-state index is -0.479. The molecular weight excluding hydrogens is 394 g/mol. The number of H-pyrrole nitrogens is 1. The number of nitrogens with one attached hydrogen (secondary N) is 2. The summed E-state index contributed by atoms with van der Waals surface area (Å²) in [7, 11) is 0. The van der Waals surface area contributed by atoms with E-state index in [1.807, 2.05) is 0 Å². The van der Waals surface area contributed by atoms with Crippen molar-refractivity contribution < 1.29 is 9.21 Å². The zero-order valence-electron chi connectivity index (χ0n) is 16.3. The second kappa shape index (κ2) is 8.56. The summed E-state index contributed by atoms with van der Waals surface area (Å²) in [5.74, 6) is 2.82. The minimum Gasteiger partial charge on any atom is -0.416 e. The molecular formula is C19H25N5O4S. The van der Waals surface area contributed by atoms with Crippen molar-refractivity contribution in [2.45, 2.75) is 56.8 Å². The molecule has 2 aliphatic rings. The van der Waals surface area contributed by atoms with E-state index in [-0.39, 0.29) is 17.7 Å². The maximum atomic E-state index is 12.3. The summed E-state index contributed by atoms with van der Waals surface area (Å²) in [6, 6.07) is 1.49. The molecule has 10 heteroatoms. The van der Waals surface area contributed by atoms with Gasteiger partial charge in [-0.1, -0.05) is 18.2 Å². The van der Waals surface area contributed by atoms with Crippen LogP contribution in [0.25, 0.3) is 0 Å². The lowest BCUT2D eigenvalue weighted by atomic mass is 9.84. The molecule has 4 rings (SSSR count). The van der Waals surface area contributed by atoms with Crippen LogP contribution in [0.15, 0.2) is 31.5 Å². The third kappa shape index (κ3) is 4.80. The molecule has 156 valence electrons. The van der Waals surface area contributed by atoms with Gasteiger partial charge in [0.05, 0.1) is 5.75 Å². The SMILES string of the molecule is C[C@@H](NC(=O)CSc1nnc(CCn2ccc(=O)[nH]c2=O)o1)[C@@H]1C[C@@H]2CC[C@@H]1C2. The van der Waals surface area contributed by atoms with Crippen molar-refractivity contribution >= 4 is 17.7 Å². The van der Waals surface area contributed by atoms with E-state index >= 15 is 0 Å². The van der Waals surface area contributed by atoms with Crippen LogP contribution in [0.4, 0.5) is 0 Å². The topological polar surface area (TPSA) is 123 Å². The van der Waals surface area contributed by atoms with Crippen molar-refractivity contribution in [3.8, 4) is 0 Å². The highest BCUT2D eigenvalue weighted by Gasteiger charge is 2.42. The smallest absolute Gasteiger partial charge is 0.328 e. The fourth-order valence-electron chi connectivity index (χ4n) is 4.67. The number of fused-ring (bicyclic) bond motifs is 2. The van der Waals surface area contributed by atoms with Crippen molar-refractivity contribution in [2.75, 3.05) is 5.75 Å². The van der Waals surface area contributed by atoms with Crippen LogP contribution in [0, 0.1) is 17.8 Å². The highest BCUT2D eigenvalue weighted by molar-refractivity contribution is 7.99. The predicted octanol–water partition coefficient (Wildman–Crippen LogP) is 1.20. The maximum absolute atomic E-state index is 12.3. The lowest BCUT2D eigenvalue weighted by Gasteiger charge is -2.28. The van der Waals surface area contributed by atoms with Crippen molar-refractivity contribution in [1.82, 2.24) is 25.1 Å². The number of nitrogens with zero attached hydrogens (tertiary/aromatic N) is 3. The van der Waals surface area contributed by atoms with Gasteiger partial charge in [0, 0.05) is 31.3 Å². The minimum absolute atomic E-state index is 0.0233. The molecule has 2 fully saturated rings. The third-order valence-electron chi connectivity index (χ3n) is 6.06. The molecule has 2 N–H and O–H groups in total. The van der Waals surface area contributed by atoms with Crippen LogP contribution in [0.1, 0.15) is 38.5 Å². The standard InChI is InChI=1S/C19H25N5O4S/c1-11(14-9-12-2-3-13(14)8-12)20-16(26)10-29-19-23-22-17(28-19)5-7-24-6-4-15(25)21-18(24)27/h4,6,11-14H,2-3,5,7-10H2,1H3,(H,20,26)(H,21,25,27)/t11-,12-,13-,14+/m1/s1. The van der Waals surface area contributed by atoms with E-state index in [2.05, 4.69) is 27.4 Å². The van der Waals surface area contributed by atoms with Gasteiger partial charge in [-0.3, -0.25) is 14.6 Å². The Morgan fingerprint density at radius 3 is 2.97 bits per heavy atom. The lowest BCUT2D eigenvalue weighted by Crippen LogP contribution is -2.40. The number of hydrogen-bond donors (Lipinski definition) is 2. The van der Waals surface area contributed by atoms with Gasteiger partial charge >= 0.3 is 5.69 Å². The number of amides is 1. The first-order valence-electron chi connectivity index (χ1n) is 10.0. The van der Waals surface area contributed by atoms with Crippen molar-refractivity contribution in [3.05, 3.63) is 39.0 Å². The first kappa shape index (κ1) is 19.9. The molecule has 0 unspecified atom stereocenters. The fourth-order valence-corrected chi connectivity index (χ4v) is 5.26. The van der Waals surface area contributed by atoms with Crippen LogP contribution in [0.2, 0.25) is 0 Å². The number of aryl methyl sites for hydroxylation is 2. The summed E-state index contributed by atoms with van der Waals surface area (Å²) < 4.78 is 6.90. The largest absolute Gasteiger partial charge is 0.416 e. The highest BCUT2D eigenvalue weighted by atomic mass is 32.2. The number of carbonyl (C=O) groups excluding carboxylic acids is 1. The molecule has 29 heavy (non-hydrogen) atoms. The fraction of sp³-hybridized carbons (Fsp3) is 0.632. The van der Waals surface area contributed by atoms with E-state index in [0.29, 0.717) is 30.0 Å². The molecule has 0 aliphatic heterocycles. The van der Waals surface area contributed by atoms with Crippen molar-refractivity contribution in [2.24, 2.45) is 17.8 Å². The molecule has 2 saturated carbocycles. The van der Waals surface area contributed by atoms with Crippen LogP contribution >= 0.6 is 11.8 Å². The molecule has 0 saturated heterocycles. The average Bonchev–Trinajstić information content (AvgIpc) is 3.42. The summed E-state index contributed by atoms with van der Waals surface area (Å²) in [5, 5.41) is 11.4. The normalized spacial score (nSPS) is 24.0. The molecule has 2 aromatic rings. The maximum Gasteiger partial charge on any atom is 0.328 e. The van der Waals surface area contributed by atoms with Gasteiger partial charge in [-0.15, -0.1) is 10.2 Å². The van der Waals surface area contributed by atoms with E-state index in [1.165, 1.54) is 54.3 Å². The number of carbonyl (C=O) groups is 1. The Bertz CT molecular complexity index is 983. The summed E-state index contributed by atoms with van der Waals surface area (Å²) >= 11 is 1.21. The molecule has 9 nitrogen and oxygen atoms in total. The molecule has 2 bridgehead atoms. The van der Waals surface area contributed by atoms with Crippen LogP contribution in [0.3, 0.4) is 0 Å². The van der Waals surface area contributed by atoms with Gasteiger partial charge in [-0.05, 0) is 43.9 Å². The Balaban J connectivity index is 1.22. The molecule has 0 aromatic carbocycles. The monoisotopic (exact) mass is 419 g/mol. The second-order valence-corrected chi connectivity index (χ2v) is 8.93. The Morgan fingerprint density at radius 2 is 2.24 bits per heavy atom.